The van der Waals surface area contributed by atoms with Gasteiger partial charge in [-0.25, -0.2) is 0 Å². The van der Waals surface area contributed by atoms with Crippen molar-refractivity contribution in [1.82, 2.24) is 0 Å². The molecule has 22 heavy (non-hydrogen) atoms. The van der Waals surface area contributed by atoms with Gasteiger partial charge in [0.15, 0.2) is 5.41 Å². The van der Waals surface area contributed by atoms with Crippen LogP contribution in [0.25, 0.3) is 0 Å². The number of benzene rings is 2. The van der Waals surface area contributed by atoms with E-state index in [4.69, 9.17) is 4.43 Å². The SMILES string of the molecule is CC(C#Cc1ccccc1)(C#Cc1ccccc1)C(=O)O[SiH3]. The highest BCUT2D eigenvalue weighted by molar-refractivity contribution is 6.07. The lowest BCUT2D eigenvalue weighted by molar-refractivity contribution is -0.138. The van der Waals surface area contributed by atoms with Crippen LogP contribution in [-0.2, 0) is 9.22 Å². The lowest BCUT2D eigenvalue weighted by Gasteiger charge is -2.13. The average Bonchev–Trinajstić information content (AvgIpc) is 2.59. The van der Waals surface area contributed by atoms with Crippen molar-refractivity contribution in [3.05, 3.63) is 71.8 Å². The minimum absolute atomic E-state index is 0.323. The molecule has 108 valence electrons. The van der Waals surface area contributed by atoms with Crippen molar-refractivity contribution in [1.29, 1.82) is 0 Å². The van der Waals surface area contributed by atoms with E-state index >= 15 is 0 Å². The average molecular weight is 304 g/mol. The van der Waals surface area contributed by atoms with Crippen molar-refractivity contribution in [2.45, 2.75) is 6.92 Å². The topological polar surface area (TPSA) is 26.3 Å². The van der Waals surface area contributed by atoms with Gasteiger partial charge in [0, 0.05) is 11.1 Å². The first-order chi connectivity index (χ1) is 10.6. The Hall–Kier alpha value is -2.75. The Morgan fingerprint density at radius 2 is 1.32 bits per heavy atom. The number of hydrogen-bond donors (Lipinski definition) is 0. The van der Waals surface area contributed by atoms with Crippen molar-refractivity contribution in [2.75, 3.05) is 0 Å². The van der Waals surface area contributed by atoms with E-state index in [9.17, 15) is 4.79 Å². The molecular weight excluding hydrogens is 288 g/mol. The molecule has 0 aromatic heterocycles. The first kappa shape index (κ1) is 15.6. The van der Waals surface area contributed by atoms with Crippen LogP contribution in [0.3, 0.4) is 0 Å². The maximum atomic E-state index is 12.1. The van der Waals surface area contributed by atoms with E-state index in [0.29, 0.717) is 10.5 Å². The molecule has 0 heterocycles. The zero-order valence-electron chi connectivity index (χ0n) is 12.6. The molecule has 0 N–H and O–H groups in total. The molecule has 0 saturated heterocycles. The van der Waals surface area contributed by atoms with Crippen molar-refractivity contribution in [3.63, 3.8) is 0 Å². The molecule has 0 atom stereocenters. The zero-order valence-corrected chi connectivity index (χ0v) is 14.6. The van der Waals surface area contributed by atoms with Gasteiger partial charge in [-0.1, -0.05) is 60.1 Å². The summed E-state index contributed by atoms with van der Waals surface area (Å²) in [6.45, 7) is 1.69. The van der Waals surface area contributed by atoms with E-state index < -0.39 is 11.4 Å². The second-order valence-electron chi connectivity index (χ2n) is 4.85. The molecule has 0 fully saturated rings. The molecule has 3 heteroatoms. The van der Waals surface area contributed by atoms with Crippen LogP contribution < -0.4 is 0 Å². The first-order valence-corrected chi connectivity index (χ1v) is 7.70. The standard InChI is InChI=1S/C19H16O2Si/c1-19(18(20)21-22,14-12-16-8-4-2-5-9-16)15-13-17-10-6-3-7-11-17/h2-11H,1,22H3. The number of carbonyl (C=O) groups is 1. The van der Waals surface area contributed by atoms with Gasteiger partial charge < -0.3 is 4.43 Å². The smallest absolute Gasteiger partial charge is 0.322 e. The van der Waals surface area contributed by atoms with E-state index in [1.807, 2.05) is 60.7 Å². The Morgan fingerprint density at radius 3 is 1.68 bits per heavy atom. The van der Waals surface area contributed by atoms with E-state index in [-0.39, 0.29) is 0 Å². The van der Waals surface area contributed by atoms with Crippen LogP contribution in [0.1, 0.15) is 18.1 Å². The van der Waals surface area contributed by atoms with Crippen LogP contribution in [0.2, 0.25) is 0 Å². The van der Waals surface area contributed by atoms with Gasteiger partial charge in [0.05, 0.1) is 0 Å². The highest BCUT2D eigenvalue weighted by Gasteiger charge is 2.29. The van der Waals surface area contributed by atoms with Crippen LogP contribution in [0.4, 0.5) is 0 Å². The Morgan fingerprint density at radius 1 is 0.909 bits per heavy atom. The highest BCUT2D eigenvalue weighted by atomic mass is 28.2. The summed E-state index contributed by atoms with van der Waals surface area (Å²) in [5.74, 6) is 11.5. The molecule has 2 nitrogen and oxygen atoms in total. The second kappa shape index (κ2) is 7.31. The molecule has 0 radical (unpaired) electrons. The minimum Gasteiger partial charge on any atom is -0.527 e. The molecule has 2 aromatic rings. The Balaban J connectivity index is 2.36. The fraction of sp³-hybridized carbons (Fsp3) is 0.105. The predicted molar refractivity (Wildman–Crippen MR) is 90.8 cm³/mol. The van der Waals surface area contributed by atoms with Crippen molar-refractivity contribution in [2.24, 2.45) is 5.41 Å². The summed E-state index contributed by atoms with van der Waals surface area (Å²) in [5.41, 5.74) is 0.556. The van der Waals surface area contributed by atoms with Crippen molar-refractivity contribution >= 4 is 16.5 Å². The Labute approximate surface area is 134 Å². The molecule has 0 unspecified atom stereocenters. The van der Waals surface area contributed by atoms with E-state index in [2.05, 4.69) is 23.7 Å². The monoisotopic (exact) mass is 304 g/mol. The summed E-state index contributed by atoms with van der Waals surface area (Å²) < 4.78 is 4.99. The maximum Gasteiger partial charge on any atom is 0.322 e. The summed E-state index contributed by atoms with van der Waals surface area (Å²) in [4.78, 5) is 12.1. The van der Waals surface area contributed by atoms with Crippen LogP contribution in [0.15, 0.2) is 60.7 Å². The molecule has 0 spiro atoms. The summed E-state index contributed by atoms with van der Waals surface area (Å²) in [6, 6.07) is 19.0. The normalized spacial score (nSPS) is 9.86. The molecule has 0 bridgehead atoms. The molecule has 0 aliphatic rings. The number of rotatable bonds is 1. The molecular formula is C19H16O2Si. The van der Waals surface area contributed by atoms with Gasteiger partial charge in [-0.15, -0.1) is 0 Å². The van der Waals surface area contributed by atoms with Gasteiger partial charge in [-0.2, -0.15) is 0 Å². The molecule has 0 aliphatic heterocycles. The van der Waals surface area contributed by atoms with Gasteiger partial charge in [0.1, 0.15) is 0 Å². The lowest BCUT2D eigenvalue weighted by Crippen LogP contribution is -2.26. The van der Waals surface area contributed by atoms with Crippen molar-refractivity contribution < 1.29 is 9.22 Å². The molecule has 0 saturated carbocycles. The third-order valence-corrected chi connectivity index (χ3v) is 3.43. The van der Waals surface area contributed by atoms with Gasteiger partial charge in [0.2, 0.25) is 10.5 Å². The summed E-state index contributed by atoms with van der Waals surface area (Å²) in [7, 11) is 0.323. The van der Waals surface area contributed by atoms with Gasteiger partial charge in [-0.3, -0.25) is 4.79 Å². The number of hydrogen-bond acceptors (Lipinski definition) is 2. The van der Waals surface area contributed by atoms with E-state index in [1.54, 1.807) is 6.92 Å². The molecule has 2 rings (SSSR count). The molecule has 0 amide bonds. The molecule has 0 aliphatic carbocycles. The Bertz CT molecular complexity index is 702. The number of carbonyl (C=O) groups excluding carboxylic acids is 1. The summed E-state index contributed by atoms with van der Waals surface area (Å²) >= 11 is 0. The fourth-order valence-electron chi connectivity index (χ4n) is 1.77. The summed E-state index contributed by atoms with van der Waals surface area (Å²) in [6.07, 6.45) is 0. The van der Waals surface area contributed by atoms with Gasteiger partial charge >= 0.3 is 5.97 Å². The molecule has 2 aromatic carbocycles. The van der Waals surface area contributed by atoms with Crippen LogP contribution >= 0.6 is 0 Å². The van der Waals surface area contributed by atoms with Gasteiger partial charge in [0.25, 0.3) is 0 Å². The highest BCUT2D eigenvalue weighted by Crippen LogP contribution is 2.16. The largest absolute Gasteiger partial charge is 0.527 e. The first-order valence-electron chi connectivity index (χ1n) is 6.89. The Kier molecular flexibility index (Phi) is 5.19. The second-order valence-corrected chi connectivity index (χ2v) is 5.26. The summed E-state index contributed by atoms with van der Waals surface area (Å²) in [5, 5.41) is 0. The van der Waals surface area contributed by atoms with Crippen LogP contribution in [0, 0.1) is 29.1 Å². The minimum atomic E-state index is -1.13. The third kappa shape index (κ3) is 4.12. The van der Waals surface area contributed by atoms with Gasteiger partial charge in [-0.05, 0) is 31.2 Å². The van der Waals surface area contributed by atoms with E-state index in [1.165, 1.54) is 0 Å². The lowest BCUT2D eigenvalue weighted by atomic mass is 9.91. The van der Waals surface area contributed by atoms with Crippen molar-refractivity contribution in [3.8, 4) is 23.7 Å². The predicted octanol–water partition coefficient (Wildman–Crippen LogP) is 1.92. The quantitative estimate of drug-likeness (QED) is 0.594. The third-order valence-electron chi connectivity index (χ3n) is 3.05. The fourth-order valence-corrected chi connectivity index (χ4v) is 2.18. The maximum absolute atomic E-state index is 12.1. The zero-order chi connectivity index (χ0) is 15.8. The van der Waals surface area contributed by atoms with Crippen LogP contribution in [0.5, 0.6) is 0 Å². The van der Waals surface area contributed by atoms with E-state index in [0.717, 1.165) is 11.1 Å². The van der Waals surface area contributed by atoms with Crippen LogP contribution in [-0.4, -0.2) is 16.5 Å².